The molecule has 2 aliphatic rings. The molecule has 2 heterocycles. The summed E-state index contributed by atoms with van der Waals surface area (Å²) < 4.78 is 11.8. The third-order valence-electron chi connectivity index (χ3n) is 4.84. The van der Waals surface area contributed by atoms with Gasteiger partial charge in [-0.15, -0.1) is 0 Å². The molecule has 3 aromatic rings. The maximum atomic E-state index is 12.3. The Bertz CT molecular complexity index is 954. The fraction of sp³-hybridized carbons (Fsp3) is 0.211. The van der Waals surface area contributed by atoms with Gasteiger partial charge in [-0.25, -0.2) is 4.79 Å². The standard InChI is InChI=1S/C19H14O3/c20-19-15-10-12-9-11-5-1-2-6-13(11)17(12)22-18(15)14-7-3-4-8-16(14)21-19/h1-8,12,17H,9-10H2/t12-,17+/m0/s1. The summed E-state index contributed by atoms with van der Waals surface area (Å²) in [4.78, 5) is 12.3. The van der Waals surface area contributed by atoms with Crippen molar-refractivity contribution in [3.63, 3.8) is 0 Å². The number of rotatable bonds is 0. The van der Waals surface area contributed by atoms with E-state index in [-0.39, 0.29) is 11.7 Å². The van der Waals surface area contributed by atoms with E-state index in [2.05, 4.69) is 24.3 Å². The molecule has 1 aliphatic heterocycles. The van der Waals surface area contributed by atoms with Crippen LogP contribution in [0.3, 0.4) is 0 Å². The Balaban J connectivity index is 1.73. The van der Waals surface area contributed by atoms with Gasteiger partial charge in [0.2, 0.25) is 0 Å². The Morgan fingerprint density at radius 2 is 1.77 bits per heavy atom. The van der Waals surface area contributed by atoms with Gasteiger partial charge in [0, 0.05) is 5.92 Å². The number of hydrogen-bond acceptors (Lipinski definition) is 3. The van der Waals surface area contributed by atoms with Gasteiger partial charge in [0.25, 0.3) is 0 Å². The van der Waals surface area contributed by atoms with Gasteiger partial charge in [0.05, 0.1) is 10.9 Å². The first-order valence-corrected chi connectivity index (χ1v) is 7.60. The fourth-order valence-corrected chi connectivity index (χ4v) is 3.84. The zero-order valence-electron chi connectivity index (χ0n) is 11.9. The number of para-hydroxylation sites is 1. The van der Waals surface area contributed by atoms with Gasteiger partial charge in [-0.2, -0.15) is 0 Å². The summed E-state index contributed by atoms with van der Waals surface area (Å²) in [7, 11) is 0. The minimum absolute atomic E-state index is 0.0499. The SMILES string of the molecule is O=c1oc2ccccc2c2c1C[C@@H]1Cc3ccccc3[C@@H]1O2. The lowest BCUT2D eigenvalue weighted by molar-refractivity contribution is 0.128. The first kappa shape index (κ1) is 12.0. The molecule has 0 radical (unpaired) electrons. The summed E-state index contributed by atoms with van der Waals surface area (Å²) in [6, 6.07) is 16.0. The molecule has 1 aliphatic carbocycles. The Morgan fingerprint density at radius 1 is 0.955 bits per heavy atom. The van der Waals surface area contributed by atoms with Gasteiger partial charge in [-0.3, -0.25) is 0 Å². The van der Waals surface area contributed by atoms with Crippen molar-refractivity contribution in [2.45, 2.75) is 18.9 Å². The minimum atomic E-state index is -0.261. The summed E-state index contributed by atoms with van der Waals surface area (Å²) in [6.45, 7) is 0. The first-order valence-electron chi connectivity index (χ1n) is 7.60. The van der Waals surface area contributed by atoms with Gasteiger partial charge in [-0.05, 0) is 36.1 Å². The zero-order valence-corrected chi connectivity index (χ0v) is 11.9. The van der Waals surface area contributed by atoms with Crippen LogP contribution in [-0.2, 0) is 12.8 Å². The summed E-state index contributed by atoms with van der Waals surface area (Å²) in [5.74, 6) is 1.04. The summed E-state index contributed by atoms with van der Waals surface area (Å²) in [5.41, 5.74) is 3.61. The van der Waals surface area contributed by atoms with E-state index < -0.39 is 0 Å². The second-order valence-corrected chi connectivity index (χ2v) is 6.10. The molecule has 3 heteroatoms. The highest BCUT2D eigenvalue weighted by Gasteiger charge is 2.39. The molecule has 0 saturated heterocycles. The molecule has 0 unspecified atom stereocenters. The molecule has 0 spiro atoms. The predicted octanol–water partition coefficient (Wildman–Crippen LogP) is 3.64. The van der Waals surface area contributed by atoms with Crippen molar-refractivity contribution in [2.75, 3.05) is 0 Å². The molecule has 0 bridgehead atoms. The van der Waals surface area contributed by atoms with Crippen LogP contribution >= 0.6 is 0 Å². The summed E-state index contributed by atoms with van der Waals surface area (Å²) in [6.07, 6.45) is 1.74. The average molecular weight is 290 g/mol. The molecule has 2 atom stereocenters. The first-order chi connectivity index (χ1) is 10.8. The van der Waals surface area contributed by atoms with Crippen LogP contribution in [0.5, 0.6) is 5.75 Å². The van der Waals surface area contributed by atoms with Crippen LogP contribution in [0.15, 0.2) is 57.7 Å². The van der Waals surface area contributed by atoms with Crippen LogP contribution in [0.25, 0.3) is 11.0 Å². The molecule has 0 fully saturated rings. The minimum Gasteiger partial charge on any atom is -0.484 e. The number of ether oxygens (including phenoxy) is 1. The normalized spacial score (nSPS) is 21.8. The van der Waals surface area contributed by atoms with Crippen molar-refractivity contribution in [1.82, 2.24) is 0 Å². The molecule has 0 N–H and O–H groups in total. The molecule has 2 aromatic carbocycles. The molecule has 1 aromatic heterocycles. The van der Waals surface area contributed by atoms with Gasteiger partial charge in [0.15, 0.2) is 0 Å². The third-order valence-corrected chi connectivity index (χ3v) is 4.84. The highest BCUT2D eigenvalue weighted by Crippen LogP contribution is 2.47. The highest BCUT2D eigenvalue weighted by atomic mass is 16.5. The van der Waals surface area contributed by atoms with Gasteiger partial charge < -0.3 is 9.15 Å². The molecule has 0 amide bonds. The van der Waals surface area contributed by atoms with Crippen molar-refractivity contribution >= 4 is 11.0 Å². The Hall–Kier alpha value is -2.55. The molecule has 3 nitrogen and oxygen atoms in total. The van der Waals surface area contributed by atoms with E-state index in [0.717, 1.165) is 18.2 Å². The van der Waals surface area contributed by atoms with Crippen LogP contribution in [0.1, 0.15) is 22.8 Å². The third kappa shape index (κ3) is 1.54. The second-order valence-electron chi connectivity index (χ2n) is 6.10. The number of hydrogen-bond donors (Lipinski definition) is 0. The predicted molar refractivity (Wildman–Crippen MR) is 83.2 cm³/mol. The smallest absolute Gasteiger partial charge is 0.343 e. The molecule has 108 valence electrons. The van der Waals surface area contributed by atoms with Crippen molar-refractivity contribution in [3.05, 3.63) is 75.6 Å². The van der Waals surface area contributed by atoms with Crippen LogP contribution in [0.4, 0.5) is 0 Å². The second kappa shape index (κ2) is 4.23. The van der Waals surface area contributed by atoms with Crippen molar-refractivity contribution in [1.29, 1.82) is 0 Å². The van der Waals surface area contributed by atoms with E-state index in [1.807, 2.05) is 24.3 Å². The van der Waals surface area contributed by atoms with Gasteiger partial charge >= 0.3 is 5.63 Å². The lowest BCUT2D eigenvalue weighted by Gasteiger charge is -2.29. The monoisotopic (exact) mass is 290 g/mol. The van der Waals surface area contributed by atoms with Crippen molar-refractivity contribution < 1.29 is 9.15 Å². The molecule has 0 saturated carbocycles. The van der Waals surface area contributed by atoms with Crippen LogP contribution in [0.2, 0.25) is 0 Å². The van der Waals surface area contributed by atoms with Crippen LogP contribution in [0, 0.1) is 5.92 Å². The summed E-state index contributed by atoms with van der Waals surface area (Å²) in [5, 5.41) is 0.889. The highest BCUT2D eigenvalue weighted by molar-refractivity contribution is 5.84. The zero-order chi connectivity index (χ0) is 14.7. The van der Waals surface area contributed by atoms with E-state index in [1.54, 1.807) is 0 Å². The topological polar surface area (TPSA) is 39.4 Å². The van der Waals surface area contributed by atoms with Crippen LogP contribution < -0.4 is 10.4 Å². The maximum Gasteiger partial charge on any atom is 0.343 e. The lowest BCUT2D eigenvalue weighted by atomic mass is 9.91. The lowest BCUT2D eigenvalue weighted by Crippen LogP contribution is -2.27. The quantitative estimate of drug-likeness (QED) is 0.593. The molecular weight excluding hydrogens is 276 g/mol. The van der Waals surface area contributed by atoms with Crippen molar-refractivity contribution in [3.8, 4) is 5.75 Å². The van der Waals surface area contributed by atoms with Gasteiger partial charge in [0.1, 0.15) is 17.4 Å². The number of benzene rings is 2. The molecule has 5 rings (SSSR count). The van der Waals surface area contributed by atoms with E-state index in [9.17, 15) is 4.79 Å². The molecule has 22 heavy (non-hydrogen) atoms. The number of fused-ring (bicyclic) bond motifs is 6. The van der Waals surface area contributed by atoms with E-state index in [1.165, 1.54) is 11.1 Å². The van der Waals surface area contributed by atoms with Gasteiger partial charge in [-0.1, -0.05) is 36.4 Å². The van der Waals surface area contributed by atoms with E-state index in [4.69, 9.17) is 9.15 Å². The van der Waals surface area contributed by atoms with Crippen molar-refractivity contribution in [2.24, 2.45) is 5.92 Å². The largest absolute Gasteiger partial charge is 0.484 e. The molecular formula is C19H14O3. The summed E-state index contributed by atoms with van der Waals surface area (Å²) >= 11 is 0. The Morgan fingerprint density at radius 3 is 2.73 bits per heavy atom. The average Bonchev–Trinajstić information content (AvgIpc) is 2.91. The maximum absolute atomic E-state index is 12.3. The fourth-order valence-electron chi connectivity index (χ4n) is 3.84. The van der Waals surface area contributed by atoms with E-state index in [0.29, 0.717) is 22.8 Å². The van der Waals surface area contributed by atoms with E-state index >= 15 is 0 Å². The Labute approximate surface area is 127 Å². The Kier molecular flexibility index (Phi) is 2.31. The van der Waals surface area contributed by atoms with Crippen LogP contribution in [-0.4, -0.2) is 0 Å².